The van der Waals surface area contributed by atoms with Crippen molar-refractivity contribution in [3.05, 3.63) is 81.7 Å². The first-order valence-corrected chi connectivity index (χ1v) is 9.51. The molecule has 4 aromatic rings. The Bertz CT molecular complexity index is 1240. The molecule has 0 aliphatic carbocycles. The monoisotopic (exact) mass is 405 g/mol. The molecule has 0 spiro atoms. The Balaban J connectivity index is 1.56. The fraction of sp³-hybridized carbons (Fsp3) is 0.0476. The molecule has 0 fully saturated rings. The van der Waals surface area contributed by atoms with Crippen molar-refractivity contribution in [1.82, 2.24) is 4.98 Å². The summed E-state index contributed by atoms with van der Waals surface area (Å²) in [5.74, 6) is -0.380. The van der Waals surface area contributed by atoms with Gasteiger partial charge in [-0.25, -0.2) is 4.98 Å². The predicted molar refractivity (Wildman–Crippen MR) is 113 cm³/mol. The van der Waals surface area contributed by atoms with E-state index in [0.717, 1.165) is 22.0 Å². The van der Waals surface area contributed by atoms with Crippen molar-refractivity contribution in [2.45, 2.75) is 0 Å². The molecule has 0 aliphatic rings. The first-order valence-electron chi connectivity index (χ1n) is 8.63. The highest BCUT2D eigenvalue weighted by Gasteiger charge is 2.19. The van der Waals surface area contributed by atoms with Gasteiger partial charge in [0.15, 0.2) is 10.9 Å². The third kappa shape index (κ3) is 3.78. The Hall–Kier alpha value is -3.78. The summed E-state index contributed by atoms with van der Waals surface area (Å²) in [6.45, 7) is 0. The van der Waals surface area contributed by atoms with Crippen LogP contribution in [0.3, 0.4) is 0 Å². The molecule has 1 N–H and O–H groups in total. The molecule has 3 aromatic carbocycles. The van der Waals surface area contributed by atoms with Gasteiger partial charge in [0.1, 0.15) is 0 Å². The molecule has 0 radical (unpaired) electrons. The van der Waals surface area contributed by atoms with Crippen LogP contribution in [0.4, 0.5) is 10.8 Å². The van der Waals surface area contributed by atoms with Gasteiger partial charge in [-0.1, -0.05) is 36.4 Å². The summed E-state index contributed by atoms with van der Waals surface area (Å²) in [6.07, 6.45) is 0. The number of carbonyl (C=O) groups excluding carboxylic acids is 1. The lowest BCUT2D eigenvalue weighted by molar-refractivity contribution is -0.385. The normalized spacial score (nSPS) is 10.7. The second kappa shape index (κ2) is 7.69. The van der Waals surface area contributed by atoms with E-state index in [2.05, 4.69) is 10.3 Å². The molecule has 1 heterocycles. The molecule has 144 valence electrons. The molecule has 0 saturated carbocycles. The number of rotatable bonds is 5. The van der Waals surface area contributed by atoms with E-state index in [1.165, 1.54) is 36.6 Å². The lowest BCUT2D eigenvalue weighted by Crippen LogP contribution is -2.12. The molecule has 8 heteroatoms. The van der Waals surface area contributed by atoms with Gasteiger partial charge in [-0.2, -0.15) is 0 Å². The third-order valence-electron chi connectivity index (χ3n) is 4.41. The molecule has 0 aliphatic heterocycles. The maximum atomic E-state index is 12.5. The Kier molecular flexibility index (Phi) is 4.92. The Morgan fingerprint density at radius 3 is 2.66 bits per heavy atom. The van der Waals surface area contributed by atoms with Gasteiger partial charge in [-0.05, 0) is 29.0 Å². The van der Waals surface area contributed by atoms with Crippen LogP contribution in [0.1, 0.15) is 10.4 Å². The molecule has 4 rings (SSSR count). The van der Waals surface area contributed by atoms with E-state index in [4.69, 9.17) is 4.74 Å². The highest BCUT2D eigenvalue weighted by Crippen LogP contribution is 2.30. The minimum atomic E-state index is -0.586. The van der Waals surface area contributed by atoms with Crippen LogP contribution in [-0.2, 0) is 0 Å². The van der Waals surface area contributed by atoms with E-state index in [-0.39, 0.29) is 17.0 Å². The summed E-state index contributed by atoms with van der Waals surface area (Å²) in [5.41, 5.74) is 1.58. The Labute approximate surface area is 169 Å². The van der Waals surface area contributed by atoms with Crippen LogP contribution < -0.4 is 10.1 Å². The van der Waals surface area contributed by atoms with Crippen LogP contribution in [0.5, 0.6) is 5.75 Å². The van der Waals surface area contributed by atoms with Gasteiger partial charge in [-0.15, -0.1) is 11.3 Å². The largest absolute Gasteiger partial charge is 0.490 e. The van der Waals surface area contributed by atoms with Gasteiger partial charge in [-0.3, -0.25) is 20.2 Å². The van der Waals surface area contributed by atoms with Crippen molar-refractivity contribution in [3.8, 4) is 17.0 Å². The van der Waals surface area contributed by atoms with E-state index in [1.54, 1.807) is 0 Å². The van der Waals surface area contributed by atoms with E-state index >= 15 is 0 Å². The number of nitrogens with zero attached hydrogens (tertiary/aromatic N) is 2. The predicted octanol–water partition coefficient (Wildman–Crippen LogP) is 5.13. The van der Waals surface area contributed by atoms with Gasteiger partial charge >= 0.3 is 5.69 Å². The van der Waals surface area contributed by atoms with Gasteiger partial charge in [0.05, 0.1) is 17.7 Å². The molecule has 1 aromatic heterocycles. The Morgan fingerprint density at radius 2 is 1.90 bits per heavy atom. The highest BCUT2D eigenvalue weighted by molar-refractivity contribution is 7.14. The van der Waals surface area contributed by atoms with Gasteiger partial charge in [0.2, 0.25) is 0 Å². The lowest BCUT2D eigenvalue weighted by Gasteiger charge is -2.05. The second-order valence-corrected chi connectivity index (χ2v) is 7.06. The SMILES string of the molecule is COc1ccc(C(=O)Nc2nc(-c3ccc4ccccc4c3)cs2)cc1[N+](=O)[O-]. The number of methoxy groups -OCH3 is 1. The fourth-order valence-corrected chi connectivity index (χ4v) is 3.67. The third-order valence-corrected chi connectivity index (χ3v) is 5.17. The number of ether oxygens (including phenoxy) is 1. The molecule has 29 heavy (non-hydrogen) atoms. The highest BCUT2D eigenvalue weighted by atomic mass is 32.1. The number of nitrogens with one attached hydrogen (secondary N) is 1. The van der Waals surface area contributed by atoms with Gasteiger partial charge < -0.3 is 4.74 Å². The van der Waals surface area contributed by atoms with Crippen molar-refractivity contribution in [2.24, 2.45) is 0 Å². The number of nitro groups is 1. The number of amides is 1. The number of nitro benzene ring substituents is 1. The molecule has 0 saturated heterocycles. The summed E-state index contributed by atoms with van der Waals surface area (Å²) in [5, 5.41) is 18.4. The minimum absolute atomic E-state index is 0.0967. The topological polar surface area (TPSA) is 94.4 Å². The average molecular weight is 405 g/mol. The lowest BCUT2D eigenvalue weighted by atomic mass is 10.1. The quantitative estimate of drug-likeness (QED) is 0.367. The summed E-state index contributed by atoms with van der Waals surface area (Å²) in [6, 6.07) is 18.1. The maximum Gasteiger partial charge on any atom is 0.311 e. The molecule has 0 atom stereocenters. The number of carbonyl (C=O) groups is 1. The summed E-state index contributed by atoms with van der Waals surface area (Å²) >= 11 is 1.29. The fourth-order valence-electron chi connectivity index (χ4n) is 2.96. The number of fused-ring (bicyclic) bond motifs is 1. The molecule has 0 bridgehead atoms. The minimum Gasteiger partial charge on any atom is -0.490 e. The van der Waals surface area contributed by atoms with E-state index in [0.29, 0.717) is 5.13 Å². The van der Waals surface area contributed by atoms with Gasteiger partial charge in [0, 0.05) is 22.6 Å². The molecular weight excluding hydrogens is 390 g/mol. The van der Waals surface area contributed by atoms with Crippen LogP contribution in [-0.4, -0.2) is 22.9 Å². The first-order chi connectivity index (χ1) is 14.0. The zero-order valence-corrected chi connectivity index (χ0v) is 16.1. The van der Waals surface area contributed by atoms with Crippen LogP contribution in [0.15, 0.2) is 66.0 Å². The number of hydrogen-bond acceptors (Lipinski definition) is 6. The number of aromatic nitrogens is 1. The number of anilines is 1. The molecule has 0 unspecified atom stereocenters. The summed E-state index contributed by atoms with van der Waals surface area (Å²) in [7, 11) is 1.34. The standard InChI is InChI=1S/C21H15N3O4S/c1-28-19-9-8-16(11-18(19)24(26)27)20(25)23-21-22-17(12-29-21)15-7-6-13-4-2-3-5-14(13)10-15/h2-12H,1H3,(H,22,23,25). The maximum absolute atomic E-state index is 12.5. The molecule has 1 amide bonds. The number of hydrogen-bond donors (Lipinski definition) is 1. The van der Waals surface area contributed by atoms with Gasteiger partial charge in [0.25, 0.3) is 5.91 Å². The molecule has 7 nitrogen and oxygen atoms in total. The van der Waals surface area contributed by atoms with Crippen molar-refractivity contribution in [1.29, 1.82) is 0 Å². The van der Waals surface area contributed by atoms with Crippen LogP contribution >= 0.6 is 11.3 Å². The zero-order valence-electron chi connectivity index (χ0n) is 15.3. The van der Waals surface area contributed by atoms with E-state index in [1.807, 2.05) is 47.8 Å². The molecular formula is C21H15N3O4S. The number of thiazole rings is 1. The van der Waals surface area contributed by atoms with Crippen molar-refractivity contribution >= 4 is 38.8 Å². The smallest absolute Gasteiger partial charge is 0.311 e. The average Bonchev–Trinajstić information content (AvgIpc) is 3.21. The van der Waals surface area contributed by atoms with E-state index in [9.17, 15) is 14.9 Å². The zero-order chi connectivity index (χ0) is 20.4. The van der Waals surface area contributed by atoms with Crippen LogP contribution in [0.2, 0.25) is 0 Å². The summed E-state index contributed by atoms with van der Waals surface area (Å²) < 4.78 is 4.96. The van der Waals surface area contributed by atoms with Crippen molar-refractivity contribution < 1.29 is 14.5 Å². The second-order valence-electron chi connectivity index (χ2n) is 6.20. The summed E-state index contributed by atoms with van der Waals surface area (Å²) in [4.78, 5) is 27.5. The van der Waals surface area contributed by atoms with Crippen molar-refractivity contribution in [2.75, 3.05) is 12.4 Å². The van der Waals surface area contributed by atoms with Crippen LogP contribution in [0.25, 0.3) is 22.0 Å². The van der Waals surface area contributed by atoms with Crippen LogP contribution in [0, 0.1) is 10.1 Å². The number of benzene rings is 3. The van der Waals surface area contributed by atoms with Crippen molar-refractivity contribution in [3.63, 3.8) is 0 Å². The Morgan fingerprint density at radius 1 is 1.10 bits per heavy atom. The first kappa shape index (κ1) is 18.6. The van der Waals surface area contributed by atoms with E-state index < -0.39 is 10.8 Å².